The summed E-state index contributed by atoms with van der Waals surface area (Å²) in [6.45, 7) is 1.91. The van der Waals surface area contributed by atoms with Crippen molar-refractivity contribution >= 4 is 21.6 Å². The van der Waals surface area contributed by atoms with Crippen molar-refractivity contribution < 1.29 is 5.11 Å². The number of aliphatic hydroxyl groups excluding tert-OH is 1. The molecule has 2 N–H and O–H groups in total. The molecule has 1 atom stereocenters. The molecule has 0 aliphatic heterocycles. The Morgan fingerprint density at radius 2 is 2.26 bits per heavy atom. The summed E-state index contributed by atoms with van der Waals surface area (Å²) in [5.74, 6) is 0. The normalized spacial score (nSPS) is 13.3. The van der Waals surface area contributed by atoms with Crippen LogP contribution >= 0.6 is 15.9 Å². The van der Waals surface area contributed by atoms with E-state index in [1.807, 2.05) is 47.9 Å². The fourth-order valence-electron chi connectivity index (χ4n) is 1.99. The van der Waals surface area contributed by atoms with Crippen molar-refractivity contribution in [3.05, 3.63) is 34.7 Å². The van der Waals surface area contributed by atoms with Crippen molar-refractivity contribution in [3.63, 3.8) is 0 Å². The molecule has 0 saturated heterocycles. The highest BCUT2D eigenvalue weighted by Gasteiger charge is 2.07. The second kappa shape index (κ2) is 6.47. The number of nitrogens with zero attached hydrogens (tertiary/aromatic N) is 3. The highest BCUT2D eigenvalue weighted by atomic mass is 79.9. The number of hydrogen-bond acceptors (Lipinski definition) is 4. The van der Waals surface area contributed by atoms with E-state index >= 15 is 0 Å². The van der Waals surface area contributed by atoms with Crippen LogP contribution in [0.1, 0.15) is 5.69 Å². The predicted molar refractivity (Wildman–Crippen MR) is 79.2 cm³/mol. The Balaban J connectivity index is 1.93. The van der Waals surface area contributed by atoms with Crippen LogP contribution in [0, 0.1) is 0 Å². The van der Waals surface area contributed by atoms with Gasteiger partial charge in [-0.25, -0.2) is 4.98 Å². The molecular weight excluding hydrogens is 308 g/mol. The fourth-order valence-corrected chi connectivity index (χ4v) is 2.33. The summed E-state index contributed by atoms with van der Waals surface area (Å²) in [4.78, 5) is 6.31. The smallest absolute Gasteiger partial charge is 0.136 e. The summed E-state index contributed by atoms with van der Waals surface area (Å²) in [5, 5.41) is 13.0. The molecule has 2 heterocycles. The minimum absolute atomic E-state index is 0.360. The molecule has 0 radical (unpaired) electrons. The third-order valence-corrected chi connectivity index (χ3v) is 3.28. The maximum Gasteiger partial charge on any atom is 0.136 e. The lowest BCUT2D eigenvalue weighted by molar-refractivity contribution is 0.134. The minimum atomic E-state index is -0.360. The van der Waals surface area contributed by atoms with Crippen LogP contribution in [0.25, 0.3) is 5.65 Å². The van der Waals surface area contributed by atoms with Crippen LogP contribution < -0.4 is 5.32 Å². The molecule has 0 aliphatic rings. The number of pyridine rings is 1. The summed E-state index contributed by atoms with van der Waals surface area (Å²) in [6, 6.07) is 3.94. The van der Waals surface area contributed by atoms with Gasteiger partial charge < -0.3 is 19.7 Å². The number of rotatable bonds is 6. The number of fused-ring (bicyclic) bond motifs is 1. The highest BCUT2D eigenvalue weighted by molar-refractivity contribution is 9.10. The molecule has 0 aromatic carbocycles. The molecule has 0 bridgehead atoms. The molecule has 1 unspecified atom stereocenters. The van der Waals surface area contributed by atoms with Crippen molar-refractivity contribution in [1.82, 2.24) is 19.6 Å². The second-order valence-electron chi connectivity index (χ2n) is 4.87. The Kier molecular flexibility index (Phi) is 4.93. The van der Waals surface area contributed by atoms with Crippen molar-refractivity contribution in [3.8, 4) is 0 Å². The van der Waals surface area contributed by atoms with Gasteiger partial charge in [0.1, 0.15) is 5.65 Å². The third kappa shape index (κ3) is 4.01. The number of aliphatic hydroxyl groups is 1. The summed E-state index contributed by atoms with van der Waals surface area (Å²) in [5.41, 5.74) is 2.00. The minimum Gasteiger partial charge on any atom is -0.390 e. The standard InChI is InChI=1S/C13H19BrN4O/c1-17(2)9-12(19)7-15-5-11-6-16-13-4-3-10(14)8-18(11)13/h3-4,6,8,12,15,19H,5,7,9H2,1-2H3. The Morgan fingerprint density at radius 3 is 3.00 bits per heavy atom. The summed E-state index contributed by atoms with van der Waals surface area (Å²) < 4.78 is 3.06. The Labute approximate surface area is 121 Å². The fraction of sp³-hybridized carbons (Fsp3) is 0.462. The Hall–Kier alpha value is -0.950. The van der Waals surface area contributed by atoms with Gasteiger partial charge in [0.25, 0.3) is 0 Å². The molecule has 6 heteroatoms. The van der Waals surface area contributed by atoms with Gasteiger partial charge in [0.2, 0.25) is 0 Å². The number of likely N-dealkylation sites (N-methyl/N-ethyl adjacent to an activating group) is 1. The molecule has 0 spiro atoms. The van der Waals surface area contributed by atoms with E-state index in [4.69, 9.17) is 0 Å². The van der Waals surface area contributed by atoms with E-state index in [1.165, 1.54) is 0 Å². The Bertz CT molecular complexity index is 540. The summed E-state index contributed by atoms with van der Waals surface area (Å²) >= 11 is 3.46. The van der Waals surface area contributed by atoms with Crippen molar-refractivity contribution in [2.75, 3.05) is 27.2 Å². The number of halogens is 1. The summed E-state index contributed by atoms with van der Waals surface area (Å²) in [6.07, 6.45) is 3.49. The zero-order valence-corrected chi connectivity index (χ0v) is 12.8. The first-order valence-corrected chi connectivity index (χ1v) is 7.00. The molecule has 2 aromatic heterocycles. The molecular formula is C13H19BrN4O. The van der Waals surface area contributed by atoms with Crippen LogP contribution in [0.2, 0.25) is 0 Å². The molecule has 0 amide bonds. The predicted octanol–water partition coefficient (Wildman–Crippen LogP) is 1.11. The van der Waals surface area contributed by atoms with Crippen LogP contribution in [0.4, 0.5) is 0 Å². The molecule has 2 aromatic rings. The maximum atomic E-state index is 9.77. The van der Waals surface area contributed by atoms with Crippen LogP contribution in [-0.4, -0.2) is 52.7 Å². The maximum absolute atomic E-state index is 9.77. The topological polar surface area (TPSA) is 52.8 Å². The van der Waals surface area contributed by atoms with Gasteiger partial charge in [0, 0.05) is 30.3 Å². The zero-order chi connectivity index (χ0) is 13.8. The van der Waals surface area contributed by atoms with E-state index in [-0.39, 0.29) is 6.10 Å². The molecule has 5 nitrogen and oxygen atoms in total. The first-order valence-electron chi connectivity index (χ1n) is 6.21. The van der Waals surface area contributed by atoms with E-state index in [0.29, 0.717) is 19.6 Å². The van der Waals surface area contributed by atoms with E-state index < -0.39 is 0 Å². The van der Waals surface area contributed by atoms with E-state index in [0.717, 1.165) is 15.8 Å². The molecule has 0 fully saturated rings. The molecule has 0 saturated carbocycles. The van der Waals surface area contributed by atoms with Crippen molar-refractivity contribution in [2.24, 2.45) is 0 Å². The van der Waals surface area contributed by atoms with E-state index in [2.05, 4.69) is 26.2 Å². The first-order chi connectivity index (χ1) is 9.06. The Morgan fingerprint density at radius 1 is 1.47 bits per heavy atom. The van der Waals surface area contributed by atoms with Crippen molar-refractivity contribution in [1.29, 1.82) is 0 Å². The average Bonchev–Trinajstić information content (AvgIpc) is 2.71. The zero-order valence-electron chi connectivity index (χ0n) is 11.2. The number of nitrogens with one attached hydrogen (secondary N) is 1. The van der Waals surface area contributed by atoms with Gasteiger partial charge in [0.05, 0.1) is 18.0 Å². The monoisotopic (exact) mass is 326 g/mol. The van der Waals surface area contributed by atoms with Crippen LogP contribution in [0.3, 0.4) is 0 Å². The number of imidazole rings is 1. The molecule has 104 valence electrons. The quantitative estimate of drug-likeness (QED) is 0.835. The van der Waals surface area contributed by atoms with Gasteiger partial charge >= 0.3 is 0 Å². The van der Waals surface area contributed by atoms with Gasteiger partial charge in [-0.05, 0) is 42.2 Å². The highest BCUT2D eigenvalue weighted by Crippen LogP contribution is 2.13. The van der Waals surface area contributed by atoms with Gasteiger partial charge in [-0.2, -0.15) is 0 Å². The van der Waals surface area contributed by atoms with Crippen LogP contribution in [0.15, 0.2) is 29.0 Å². The molecule has 19 heavy (non-hydrogen) atoms. The number of hydrogen-bond donors (Lipinski definition) is 2. The van der Waals surface area contributed by atoms with Crippen LogP contribution in [0.5, 0.6) is 0 Å². The number of aromatic nitrogens is 2. The third-order valence-electron chi connectivity index (χ3n) is 2.81. The lowest BCUT2D eigenvalue weighted by atomic mass is 10.3. The average molecular weight is 327 g/mol. The van der Waals surface area contributed by atoms with Gasteiger partial charge in [0.15, 0.2) is 0 Å². The van der Waals surface area contributed by atoms with Gasteiger partial charge in [-0.3, -0.25) is 0 Å². The van der Waals surface area contributed by atoms with Gasteiger partial charge in [-0.15, -0.1) is 0 Å². The molecule has 2 rings (SSSR count). The SMILES string of the molecule is CN(C)CC(O)CNCc1cnc2ccc(Br)cn12. The van der Waals surface area contributed by atoms with E-state index in [1.54, 1.807) is 0 Å². The summed E-state index contributed by atoms with van der Waals surface area (Å²) in [7, 11) is 3.90. The first kappa shape index (κ1) is 14.5. The largest absolute Gasteiger partial charge is 0.390 e. The lowest BCUT2D eigenvalue weighted by Gasteiger charge is -2.16. The van der Waals surface area contributed by atoms with Crippen molar-refractivity contribution in [2.45, 2.75) is 12.6 Å². The second-order valence-corrected chi connectivity index (χ2v) is 5.79. The van der Waals surface area contributed by atoms with Gasteiger partial charge in [-0.1, -0.05) is 0 Å². The lowest BCUT2D eigenvalue weighted by Crippen LogP contribution is -2.34. The van der Waals surface area contributed by atoms with Crippen LogP contribution in [-0.2, 0) is 6.54 Å². The molecule has 0 aliphatic carbocycles. The van der Waals surface area contributed by atoms with E-state index in [9.17, 15) is 5.11 Å².